The third-order valence-corrected chi connectivity index (χ3v) is 8.13. The maximum Gasteiger partial charge on any atom is 0.172 e. The number of aliphatic hydroxyl groups excluding tert-OH is 1. The zero-order valence-electron chi connectivity index (χ0n) is 14.2. The average Bonchev–Trinajstić information content (AvgIpc) is 2.83. The maximum atomic E-state index is 12.1. The minimum absolute atomic E-state index is 0.0199. The number of nitrogens with zero attached hydrogens (tertiary/aromatic N) is 1. The summed E-state index contributed by atoms with van der Waals surface area (Å²) in [6.07, 6.45) is 8.86. The molecule has 4 aliphatic carbocycles. The highest BCUT2D eigenvalue weighted by Crippen LogP contribution is 2.65. The topological polar surface area (TPSA) is 61.1 Å². The first-order valence-corrected chi connectivity index (χ1v) is 9.23. The Labute approximate surface area is 138 Å². The zero-order chi connectivity index (χ0) is 16.4. The number of carbonyl (C=O) groups excluding carboxylic acids is 1. The van der Waals surface area contributed by atoms with Gasteiger partial charge in [-0.3, -0.25) is 4.79 Å². The normalized spacial score (nSPS) is 52.0. The average molecular weight is 313 g/mol. The first-order chi connectivity index (χ1) is 10.9. The molecule has 0 aromatic carbocycles. The molecule has 0 saturated heterocycles. The number of hydrogen-bond donors (Lipinski definition) is 1. The molecule has 1 unspecified atom stereocenters. The van der Waals surface area contributed by atoms with Crippen molar-refractivity contribution in [2.24, 2.45) is 34.5 Å². The molecule has 124 valence electrons. The number of nitriles is 1. The van der Waals surface area contributed by atoms with Crippen LogP contribution in [0.3, 0.4) is 0 Å². The van der Waals surface area contributed by atoms with Gasteiger partial charge in [-0.1, -0.05) is 19.4 Å². The third kappa shape index (κ3) is 1.94. The van der Waals surface area contributed by atoms with Crippen molar-refractivity contribution in [1.82, 2.24) is 0 Å². The summed E-state index contributed by atoms with van der Waals surface area (Å²) >= 11 is 0. The smallest absolute Gasteiger partial charge is 0.172 e. The van der Waals surface area contributed by atoms with Crippen LogP contribution in [0.15, 0.2) is 11.6 Å². The van der Waals surface area contributed by atoms with Crippen LogP contribution in [0.25, 0.3) is 0 Å². The van der Waals surface area contributed by atoms with E-state index in [-0.39, 0.29) is 22.7 Å². The molecule has 3 heteroatoms. The van der Waals surface area contributed by atoms with Crippen LogP contribution in [0, 0.1) is 45.8 Å². The summed E-state index contributed by atoms with van der Waals surface area (Å²) < 4.78 is 0. The van der Waals surface area contributed by atoms with Crippen LogP contribution in [0.5, 0.6) is 0 Å². The zero-order valence-corrected chi connectivity index (χ0v) is 14.2. The number of hydrogen-bond acceptors (Lipinski definition) is 3. The molecule has 0 spiro atoms. The summed E-state index contributed by atoms with van der Waals surface area (Å²) in [5.74, 6) is 1.42. The summed E-state index contributed by atoms with van der Waals surface area (Å²) in [6, 6.07) is 2.23. The van der Waals surface area contributed by atoms with Crippen LogP contribution in [0.2, 0.25) is 0 Å². The molecule has 0 aromatic rings. The van der Waals surface area contributed by atoms with Gasteiger partial charge in [0.2, 0.25) is 0 Å². The highest BCUT2D eigenvalue weighted by molar-refractivity contribution is 5.95. The molecular weight excluding hydrogens is 286 g/mol. The van der Waals surface area contributed by atoms with E-state index in [9.17, 15) is 15.2 Å². The molecule has 1 N–H and O–H groups in total. The van der Waals surface area contributed by atoms with Crippen molar-refractivity contribution in [3.63, 3.8) is 0 Å². The lowest BCUT2D eigenvalue weighted by atomic mass is 9.46. The Hall–Kier alpha value is -1.14. The van der Waals surface area contributed by atoms with Crippen LogP contribution in [-0.2, 0) is 4.79 Å². The van der Waals surface area contributed by atoms with Crippen molar-refractivity contribution in [1.29, 1.82) is 5.26 Å². The van der Waals surface area contributed by atoms with Gasteiger partial charge in [-0.2, -0.15) is 5.26 Å². The highest BCUT2D eigenvalue weighted by Gasteiger charge is 2.59. The van der Waals surface area contributed by atoms with Crippen LogP contribution >= 0.6 is 0 Å². The Kier molecular flexibility index (Phi) is 3.30. The van der Waals surface area contributed by atoms with E-state index >= 15 is 0 Å². The number of fused-ring (bicyclic) bond motifs is 5. The van der Waals surface area contributed by atoms with E-state index in [1.807, 2.05) is 6.08 Å². The van der Waals surface area contributed by atoms with Gasteiger partial charge in [-0.15, -0.1) is 0 Å². The molecule has 7 atom stereocenters. The molecule has 23 heavy (non-hydrogen) atoms. The van der Waals surface area contributed by atoms with Crippen LogP contribution in [-0.4, -0.2) is 17.0 Å². The fourth-order valence-electron chi connectivity index (χ4n) is 6.73. The van der Waals surface area contributed by atoms with Crippen molar-refractivity contribution in [2.45, 2.75) is 64.9 Å². The van der Waals surface area contributed by atoms with Crippen molar-refractivity contribution < 1.29 is 9.90 Å². The predicted octanol–water partition coefficient (Wildman–Crippen LogP) is 3.63. The van der Waals surface area contributed by atoms with Crippen molar-refractivity contribution in [3.8, 4) is 6.07 Å². The van der Waals surface area contributed by atoms with Gasteiger partial charge in [0.15, 0.2) is 5.78 Å². The molecule has 0 amide bonds. The fourth-order valence-corrected chi connectivity index (χ4v) is 6.73. The molecule has 0 aromatic heterocycles. The van der Waals surface area contributed by atoms with E-state index in [1.54, 1.807) is 0 Å². The van der Waals surface area contributed by atoms with E-state index in [0.29, 0.717) is 24.2 Å². The third-order valence-electron chi connectivity index (χ3n) is 8.13. The van der Waals surface area contributed by atoms with E-state index < -0.39 is 5.92 Å². The molecule has 4 rings (SSSR count). The highest BCUT2D eigenvalue weighted by atomic mass is 16.3. The maximum absolute atomic E-state index is 12.1. The molecule has 0 radical (unpaired) electrons. The molecule has 3 nitrogen and oxygen atoms in total. The summed E-state index contributed by atoms with van der Waals surface area (Å²) in [6.45, 7) is 4.60. The molecule has 0 bridgehead atoms. The standard InChI is InChI=1S/C20H27NO2/c1-19-8-7-16-14(15(19)5-6-18(19)23)4-3-13-9-17(22)12(11-21)10-20(13,16)2/h9,12,14-16,18,23H,3-8,10H2,1-2H3/t12?,14-,15-,16-,18+,19-,20-/m0/s1. The Morgan fingerprint density at radius 2 is 2.00 bits per heavy atom. The van der Waals surface area contributed by atoms with Gasteiger partial charge in [-0.25, -0.2) is 0 Å². The Morgan fingerprint density at radius 3 is 2.74 bits per heavy atom. The Morgan fingerprint density at radius 1 is 1.22 bits per heavy atom. The minimum Gasteiger partial charge on any atom is -0.393 e. The Bertz CT molecular complexity index is 618. The summed E-state index contributed by atoms with van der Waals surface area (Å²) in [5, 5.41) is 19.8. The first kappa shape index (κ1) is 15.4. The van der Waals surface area contributed by atoms with Gasteiger partial charge in [-0.05, 0) is 79.6 Å². The predicted molar refractivity (Wildman–Crippen MR) is 87.2 cm³/mol. The minimum atomic E-state index is -0.454. The van der Waals surface area contributed by atoms with Crippen LogP contribution < -0.4 is 0 Å². The number of aliphatic hydroxyl groups is 1. The lowest BCUT2D eigenvalue weighted by molar-refractivity contribution is -0.121. The lowest BCUT2D eigenvalue weighted by Crippen LogP contribution is -2.52. The quantitative estimate of drug-likeness (QED) is 0.743. The van der Waals surface area contributed by atoms with E-state index in [0.717, 1.165) is 38.5 Å². The van der Waals surface area contributed by atoms with Crippen molar-refractivity contribution in [3.05, 3.63) is 11.6 Å². The molecule has 3 fully saturated rings. The van der Waals surface area contributed by atoms with Gasteiger partial charge < -0.3 is 5.11 Å². The second kappa shape index (κ2) is 4.93. The van der Waals surface area contributed by atoms with Gasteiger partial charge in [0.25, 0.3) is 0 Å². The SMILES string of the molecule is C[C@]12CC[C@H]3[C@@H](CCC4=CC(=O)C(C#N)C[C@@]43C)[C@@H]1CC[C@H]2O. The number of rotatable bonds is 0. The number of ketones is 1. The molecule has 0 aliphatic heterocycles. The second-order valence-electron chi connectivity index (χ2n) is 8.93. The van der Waals surface area contributed by atoms with Gasteiger partial charge in [0.05, 0.1) is 12.2 Å². The van der Waals surface area contributed by atoms with E-state index in [2.05, 4.69) is 19.9 Å². The molecule has 0 heterocycles. The summed E-state index contributed by atoms with van der Waals surface area (Å²) in [4.78, 5) is 12.1. The van der Waals surface area contributed by atoms with E-state index in [4.69, 9.17) is 0 Å². The lowest BCUT2D eigenvalue weighted by Gasteiger charge is -2.58. The monoisotopic (exact) mass is 313 g/mol. The molecular formula is C20H27NO2. The van der Waals surface area contributed by atoms with E-state index in [1.165, 1.54) is 5.57 Å². The van der Waals surface area contributed by atoms with Gasteiger partial charge in [0.1, 0.15) is 5.92 Å². The largest absolute Gasteiger partial charge is 0.393 e. The van der Waals surface area contributed by atoms with Gasteiger partial charge >= 0.3 is 0 Å². The fraction of sp³-hybridized carbons (Fsp3) is 0.800. The van der Waals surface area contributed by atoms with Crippen LogP contribution in [0.1, 0.15) is 58.8 Å². The molecule has 4 aliphatic rings. The number of carbonyl (C=O) groups is 1. The van der Waals surface area contributed by atoms with Gasteiger partial charge in [0, 0.05) is 0 Å². The van der Waals surface area contributed by atoms with Crippen molar-refractivity contribution >= 4 is 5.78 Å². The van der Waals surface area contributed by atoms with Crippen LogP contribution in [0.4, 0.5) is 0 Å². The summed E-state index contributed by atoms with van der Waals surface area (Å²) in [7, 11) is 0. The van der Waals surface area contributed by atoms with Crippen molar-refractivity contribution in [2.75, 3.05) is 0 Å². The number of allylic oxidation sites excluding steroid dienone is 1. The Balaban J connectivity index is 1.70. The summed E-state index contributed by atoms with van der Waals surface area (Å²) in [5.41, 5.74) is 1.42. The molecule has 3 saturated carbocycles. The second-order valence-corrected chi connectivity index (χ2v) is 8.93. The first-order valence-electron chi connectivity index (χ1n) is 9.23.